The molecular weight excluding hydrogens is 304 g/mol. The monoisotopic (exact) mass is 326 g/mol. The zero-order chi connectivity index (χ0) is 15.8. The van der Waals surface area contributed by atoms with E-state index in [1.807, 2.05) is 5.51 Å². The van der Waals surface area contributed by atoms with Crippen LogP contribution in [0.3, 0.4) is 0 Å². The van der Waals surface area contributed by atoms with Crippen molar-refractivity contribution in [3.8, 4) is 11.3 Å². The Kier molecular flexibility index (Phi) is 3.91. The molecule has 0 bridgehead atoms. The highest BCUT2D eigenvalue weighted by molar-refractivity contribution is 7.07. The van der Waals surface area contributed by atoms with Gasteiger partial charge in [0.1, 0.15) is 5.65 Å². The molecule has 0 radical (unpaired) electrons. The first-order valence-corrected chi connectivity index (χ1v) is 9.40. The van der Waals surface area contributed by atoms with E-state index in [4.69, 9.17) is 4.98 Å². The number of fused-ring (bicyclic) bond motifs is 3. The normalized spacial score (nSPS) is 14.3. The minimum atomic E-state index is 0.935. The maximum Gasteiger partial charge on any atom is 0.141 e. The average Bonchev–Trinajstić information content (AvgIpc) is 3.20. The van der Waals surface area contributed by atoms with E-state index < -0.39 is 0 Å². The van der Waals surface area contributed by atoms with Gasteiger partial charge >= 0.3 is 0 Å². The fraction of sp³-hybridized carbons (Fsp3) is 0.444. The summed E-state index contributed by atoms with van der Waals surface area (Å²) in [5.74, 6) is 0. The van der Waals surface area contributed by atoms with E-state index in [0.29, 0.717) is 0 Å². The van der Waals surface area contributed by atoms with Crippen LogP contribution in [0.5, 0.6) is 0 Å². The Hall–Kier alpha value is -1.72. The summed E-state index contributed by atoms with van der Waals surface area (Å²) in [4.78, 5) is 9.61. The number of hydrogen-bond donors (Lipinski definition) is 1. The number of aromatic nitrogens is 3. The first kappa shape index (κ1) is 14.8. The average molecular weight is 326 g/mol. The second-order valence-electron chi connectivity index (χ2n) is 6.08. The molecule has 4 rings (SSSR count). The molecule has 5 heteroatoms. The van der Waals surface area contributed by atoms with Crippen LogP contribution in [0.15, 0.2) is 17.0 Å². The van der Waals surface area contributed by atoms with E-state index in [-0.39, 0.29) is 0 Å². The Labute approximate surface area is 140 Å². The minimum Gasteiger partial charge on any atom is -0.330 e. The smallest absolute Gasteiger partial charge is 0.141 e. The van der Waals surface area contributed by atoms with Crippen LogP contribution in [0, 0.1) is 0 Å². The van der Waals surface area contributed by atoms with Gasteiger partial charge in [0, 0.05) is 53.8 Å². The summed E-state index contributed by atoms with van der Waals surface area (Å²) in [6.07, 6.45) is 3.22. The molecule has 0 spiro atoms. The number of aryl methyl sites for hydroxylation is 2. The molecule has 1 N–H and O–H groups in total. The molecule has 3 aromatic heterocycles. The minimum absolute atomic E-state index is 0.935. The van der Waals surface area contributed by atoms with E-state index in [1.165, 1.54) is 27.9 Å². The van der Waals surface area contributed by atoms with Gasteiger partial charge in [-0.05, 0) is 25.0 Å². The molecule has 0 atom stereocenters. The van der Waals surface area contributed by atoms with Gasteiger partial charge in [-0.25, -0.2) is 9.97 Å². The van der Waals surface area contributed by atoms with E-state index in [2.05, 4.69) is 40.2 Å². The van der Waals surface area contributed by atoms with Crippen molar-refractivity contribution in [2.75, 3.05) is 6.54 Å². The van der Waals surface area contributed by atoms with E-state index in [1.54, 1.807) is 11.3 Å². The topological polar surface area (TPSA) is 42.7 Å². The Balaban J connectivity index is 2.07. The lowest BCUT2D eigenvalue weighted by Crippen LogP contribution is -2.24. The summed E-state index contributed by atoms with van der Waals surface area (Å²) >= 11 is 1.66. The van der Waals surface area contributed by atoms with Crippen molar-refractivity contribution in [3.63, 3.8) is 0 Å². The third kappa shape index (κ3) is 2.39. The molecule has 0 fully saturated rings. The fourth-order valence-corrected chi connectivity index (χ4v) is 4.23. The van der Waals surface area contributed by atoms with Crippen molar-refractivity contribution in [2.45, 2.75) is 46.2 Å². The van der Waals surface area contributed by atoms with Gasteiger partial charge in [-0.1, -0.05) is 13.3 Å². The van der Waals surface area contributed by atoms with Crippen LogP contribution >= 0.6 is 11.3 Å². The van der Waals surface area contributed by atoms with Crippen molar-refractivity contribution in [1.82, 2.24) is 19.9 Å². The molecule has 120 valence electrons. The lowest BCUT2D eigenvalue weighted by atomic mass is 10.0. The van der Waals surface area contributed by atoms with Crippen molar-refractivity contribution < 1.29 is 0 Å². The molecule has 23 heavy (non-hydrogen) atoms. The SMILES string of the molecule is CCCc1cc(-c2cscn2)c2c3c(n(CC)c2n1)CCNC3. The summed E-state index contributed by atoms with van der Waals surface area (Å²) in [6, 6.07) is 2.26. The Morgan fingerprint density at radius 3 is 3.00 bits per heavy atom. The molecule has 0 aromatic carbocycles. The predicted octanol–water partition coefficient (Wildman–Crippen LogP) is 3.78. The summed E-state index contributed by atoms with van der Waals surface area (Å²) < 4.78 is 2.42. The third-order valence-corrected chi connectivity index (χ3v) is 5.24. The zero-order valence-corrected chi connectivity index (χ0v) is 14.5. The Morgan fingerprint density at radius 1 is 1.35 bits per heavy atom. The van der Waals surface area contributed by atoms with Crippen LogP contribution in [-0.4, -0.2) is 21.1 Å². The molecule has 0 unspecified atom stereocenters. The number of nitrogens with zero attached hydrogens (tertiary/aromatic N) is 3. The van der Waals surface area contributed by atoms with Crippen LogP contribution in [0.25, 0.3) is 22.3 Å². The largest absolute Gasteiger partial charge is 0.330 e. The van der Waals surface area contributed by atoms with Crippen molar-refractivity contribution >= 4 is 22.4 Å². The first-order chi connectivity index (χ1) is 11.3. The van der Waals surface area contributed by atoms with E-state index in [0.717, 1.165) is 50.2 Å². The van der Waals surface area contributed by atoms with Gasteiger partial charge in [-0.2, -0.15) is 0 Å². The van der Waals surface area contributed by atoms with E-state index in [9.17, 15) is 0 Å². The number of hydrogen-bond acceptors (Lipinski definition) is 4. The second kappa shape index (κ2) is 6.06. The zero-order valence-electron chi connectivity index (χ0n) is 13.7. The molecule has 4 nitrogen and oxygen atoms in total. The third-order valence-electron chi connectivity index (χ3n) is 4.66. The van der Waals surface area contributed by atoms with Crippen molar-refractivity contribution in [2.24, 2.45) is 0 Å². The quantitative estimate of drug-likeness (QED) is 0.793. The lowest BCUT2D eigenvalue weighted by Gasteiger charge is -2.15. The maximum atomic E-state index is 5.02. The molecule has 0 aliphatic carbocycles. The van der Waals surface area contributed by atoms with Gasteiger partial charge in [0.05, 0.1) is 11.2 Å². The predicted molar refractivity (Wildman–Crippen MR) is 95.9 cm³/mol. The molecular formula is C18H22N4S. The highest BCUT2D eigenvalue weighted by atomic mass is 32.1. The van der Waals surface area contributed by atoms with Crippen LogP contribution in [-0.2, 0) is 25.9 Å². The second-order valence-corrected chi connectivity index (χ2v) is 6.80. The molecule has 0 saturated carbocycles. The number of thiazole rings is 1. The Bertz CT molecular complexity index is 833. The highest BCUT2D eigenvalue weighted by Gasteiger charge is 2.23. The van der Waals surface area contributed by atoms with Gasteiger partial charge in [0.15, 0.2) is 0 Å². The summed E-state index contributed by atoms with van der Waals surface area (Å²) in [6.45, 7) is 7.40. The number of pyridine rings is 1. The van der Waals surface area contributed by atoms with Gasteiger partial charge in [-0.3, -0.25) is 0 Å². The number of nitrogens with one attached hydrogen (secondary N) is 1. The van der Waals surface area contributed by atoms with Crippen LogP contribution in [0.4, 0.5) is 0 Å². The standard InChI is InChI=1S/C18H22N4S/c1-3-5-12-8-13(15-10-23-11-20-15)17-14-9-19-7-6-16(14)22(4-2)18(17)21-12/h8,10-11,19H,3-7,9H2,1-2H3. The van der Waals surface area contributed by atoms with Crippen molar-refractivity contribution in [3.05, 3.63) is 33.9 Å². The molecule has 1 aliphatic rings. The molecule has 0 saturated heterocycles. The first-order valence-electron chi connectivity index (χ1n) is 8.46. The fourth-order valence-electron chi connectivity index (χ4n) is 3.68. The van der Waals surface area contributed by atoms with Crippen LogP contribution < -0.4 is 5.32 Å². The molecule has 3 aromatic rings. The van der Waals surface area contributed by atoms with Crippen LogP contribution in [0.2, 0.25) is 0 Å². The molecule has 0 amide bonds. The van der Waals surface area contributed by atoms with Gasteiger partial charge in [0.25, 0.3) is 0 Å². The number of rotatable bonds is 4. The van der Waals surface area contributed by atoms with Crippen molar-refractivity contribution in [1.29, 1.82) is 0 Å². The summed E-state index contributed by atoms with van der Waals surface area (Å²) in [7, 11) is 0. The summed E-state index contributed by atoms with van der Waals surface area (Å²) in [5, 5.41) is 6.98. The highest BCUT2D eigenvalue weighted by Crippen LogP contribution is 2.36. The molecule has 4 heterocycles. The van der Waals surface area contributed by atoms with Crippen LogP contribution in [0.1, 0.15) is 37.2 Å². The Morgan fingerprint density at radius 2 is 2.26 bits per heavy atom. The van der Waals surface area contributed by atoms with Gasteiger partial charge in [-0.15, -0.1) is 11.3 Å². The maximum absolute atomic E-state index is 5.02. The van der Waals surface area contributed by atoms with E-state index >= 15 is 0 Å². The van der Waals surface area contributed by atoms with Gasteiger partial charge < -0.3 is 9.88 Å². The van der Waals surface area contributed by atoms with Gasteiger partial charge in [0.2, 0.25) is 0 Å². The lowest BCUT2D eigenvalue weighted by molar-refractivity contribution is 0.605. The molecule has 1 aliphatic heterocycles. The summed E-state index contributed by atoms with van der Waals surface area (Å²) in [5.41, 5.74) is 9.47.